The predicted octanol–water partition coefficient (Wildman–Crippen LogP) is 0.905. The van der Waals surface area contributed by atoms with E-state index in [1.165, 1.54) is 41.5 Å². The number of sulfone groups is 3. The average molecular weight is 333 g/mol. The Morgan fingerprint density at radius 3 is 0.947 bits per heavy atom. The zero-order valence-electron chi connectivity index (χ0n) is 12.2. The van der Waals surface area contributed by atoms with Crippen molar-refractivity contribution in [2.24, 2.45) is 0 Å². The average Bonchev–Trinajstić information content (AvgIpc) is 1.93. The molecule has 0 bridgehead atoms. The quantitative estimate of drug-likeness (QED) is 0.711. The van der Waals surface area contributed by atoms with Gasteiger partial charge in [-0.15, -0.1) is 0 Å². The Labute approximate surface area is 116 Å². The Hall–Kier alpha value is -0.150. The van der Waals surface area contributed by atoms with Crippen LogP contribution in [0.5, 0.6) is 0 Å². The van der Waals surface area contributed by atoms with Crippen LogP contribution in [0.25, 0.3) is 0 Å². The molecule has 0 aliphatic rings. The van der Waals surface area contributed by atoms with Crippen LogP contribution in [0.2, 0.25) is 0 Å². The van der Waals surface area contributed by atoms with Crippen molar-refractivity contribution in [3.05, 3.63) is 3.91 Å². The second-order valence-corrected chi connectivity index (χ2v) is 14.3. The molecule has 0 N–H and O–H groups in total. The van der Waals surface area contributed by atoms with Crippen LogP contribution in [0.1, 0.15) is 41.5 Å². The largest absolute Gasteiger partial charge is 0.260 e. The molecule has 0 aliphatic carbocycles. The van der Waals surface area contributed by atoms with Gasteiger partial charge in [-0.2, -0.15) is 0 Å². The minimum atomic E-state index is -4.50. The molecule has 0 aromatic carbocycles. The predicted molar refractivity (Wildman–Crippen MR) is 75.4 cm³/mol. The zero-order valence-corrected chi connectivity index (χ0v) is 14.6. The summed E-state index contributed by atoms with van der Waals surface area (Å²) in [5.41, 5.74) is 0. The topological polar surface area (TPSA) is 102 Å². The molecule has 0 amide bonds. The number of hydrogen-bond donors (Lipinski definition) is 0. The smallest absolute Gasteiger partial charge is 0.0595 e. The summed E-state index contributed by atoms with van der Waals surface area (Å²) >= 11 is 0. The van der Waals surface area contributed by atoms with Crippen molar-refractivity contribution in [2.75, 3.05) is 6.26 Å². The van der Waals surface area contributed by atoms with Gasteiger partial charge < -0.3 is 0 Å². The van der Waals surface area contributed by atoms with E-state index in [9.17, 15) is 25.3 Å². The molecule has 0 saturated heterocycles. The van der Waals surface area contributed by atoms with Gasteiger partial charge in [0.25, 0.3) is 0 Å². The van der Waals surface area contributed by atoms with Gasteiger partial charge in [0, 0.05) is 19.7 Å². The molecule has 0 atom stereocenters. The maximum atomic E-state index is 12.3. The maximum absolute atomic E-state index is 12.3. The molecule has 0 heterocycles. The number of hydrogen-bond acceptors (Lipinski definition) is 6. The van der Waals surface area contributed by atoms with Crippen LogP contribution in [0.3, 0.4) is 0 Å². The first-order valence-electron chi connectivity index (χ1n) is 5.43. The van der Waals surface area contributed by atoms with Crippen LogP contribution in [-0.2, 0) is 29.5 Å². The van der Waals surface area contributed by atoms with Gasteiger partial charge >= 0.3 is 0 Å². The fourth-order valence-corrected chi connectivity index (χ4v) is 9.39. The molecule has 0 aromatic rings. The van der Waals surface area contributed by atoms with Gasteiger partial charge in [-0.05, 0) is 41.5 Å². The van der Waals surface area contributed by atoms with Gasteiger partial charge in [0.05, 0.1) is 29.5 Å². The third-order valence-electron chi connectivity index (χ3n) is 2.35. The SMILES string of the molecule is CC(C)(C)S(=O)(=O)[C-](S(C)(=O)=O)S(=O)(=O)C(C)(C)C. The highest BCUT2D eigenvalue weighted by Gasteiger charge is 2.44. The molecular weight excluding hydrogens is 312 g/mol. The van der Waals surface area contributed by atoms with Crippen molar-refractivity contribution >= 4 is 29.5 Å². The lowest BCUT2D eigenvalue weighted by Crippen LogP contribution is -2.45. The van der Waals surface area contributed by atoms with Crippen molar-refractivity contribution in [3.8, 4) is 0 Å². The van der Waals surface area contributed by atoms with E-state index in [-0.39, 0.29) is 0 Å². The summed E-state index contributed by atoms with van der Waals surface area (Å²) in [6.07, 6.45) is 0.592. The maximum Gasteiger partial charge on any atom is 0.0595 e. The highest BCUT2D eigenvalue weighted by atomic mass is 32.3. The minimum Gasteiger partial charge on any atom is -0.260 e. The first-order valence-corrected chi connectivity index (χ1v) is 10.3. The number of rotatable bonds is 3. The van der Waals surface area contributed by atoms with E-state index in [0.29, 0.717) is 6.26 Å². The first-order chi connectivity index (χ1) is 7.87. The second kappa shape index (κ2) is 4.70. The highest BCUT2D eigenvalue weighted by molar-refractivity contribution is 8.29. The van der Waals surface area contributed by atoms with Crippen LogP contribution < -0.4 is 0 Å². The summed E-state index contributed by atoms with van der Waals surface area (Å²) in [6.45, 7) is 7.53. The van der Waals surface area contributed by atoms with Crippen LogP contribution in [0.15, 0.2) is 0 Å². The Morgan fingerprint density at radius 1 is 0.632 bits per heavy atom. The lowest BCUT2D eigenvalue weighted by molar-refractivity contribution is 0.551. The van der Waals surface area contributed by atoms with Crippen LogP contribution in [-0.4, -0.2) is 41.0 Å². The molecule has 0 aromatic heterocycles. The molecule has 0 fully saturated rings. The molecule has 0 radical (unpaired) electrons. The fraction of sp³-hybridized carbons (Fsp3) is 0.900. The summed E-state index contributed by atoms with van der Waals surface area (Å²) < 4.78 is 68.2. The van der Waals surface area contributed by atoms with Gasteiger partial charge in [0.15, 0.2) is 0 Å². The third-order valence-corrected chi connectivity index (χ3v) is 11.5. The standard InChI is InChI=1S/C10H21O6S3/c1-9(2,3)18(13,14)8(17(7,11)12)19(15,16)10(4,5)6/h1-7H3/q-1. The van der Waals surface area contributed by atoms with E-state index in [2.05, 4.69) is 0 Å². The molecule has 0 aliphatic heterocycles. The summed E-state index contributed by atoms with van der Waals surface area (Å²) in [5, 5.41) is 0. The summed E-state index contributed by atoms with van der Waals surface area (Å²) in [7, 11) is -13.4. The van der Waals surface area contributed by atoms with Crippen molar-refractivity contribution < 1.29 is 25.3 Å². The van der Waals surface area contributed by atoms with Crippen molar-refractivity contribution in [2.45, 2.75) is 51.0 Å². The third kappa shape index (κ3) is 3.49. The first kappa shape index (κ1) is 18.9. The molecule has 19 heavy (non-hydrogen) atoms. The van der Waals surface area contributed by atoms with Crippen LogP contribution in [0, 0.1) is 3.91 Å². The Bertz CT molecular complexity index is 595. The van der Waals surface area contributed by atoms with Crippen LogP contribution >= 0.6 is 0 Å². The second-order valence-electron chi connectivity index (χ2n) is 6.25. The molecule has 0 spiro atoms. The van der Waals surface area contributed by atoms with E-state index < -0.39 is 42.9 Å². The van der Waals surface area contributed by atoms with Gasteiger partial charge in [-0.1, -0.05) is 0 Å². The summed E-state index contributed by atoms with van der Waals surface area (Å²) in [5.74, 6) is 0. The summed E-state index contributed by atoms with van der Waals surface area (Å²) in [6, 6.07) is 0. The highest BCUT2D eigenvalue weighted by Crippen LogP contribution is 2.38. The Kier molecular flexibility index (Phi) is 4.66. The molecular formula is C10H21O6S3-. The van der Waals surface area contributed by atoms with E-state index in [4.69, 9.17) is 0 Å². The van der Waals surface area contributed by atoms with Crippen molar-refractivity contribution in [1.82, 2.24) is 0 Å². The van der Waals surface area contributed by atoms with E-state index in [1.807, 2.05) is 0 Å². The van der Waals surface area contributed by atoms with Gasteiger partial charge in [-0.3, -0.25) is 25.3 Å². The lowest BCUT2D eigenvalue weighted by Gasteiger charge is -2.39. The van der Waals surface area contributed by atoms with E-state index in [0.717, 1.165) is 0 Å². The van der Waals surface area contributed by atoms with E-state index >= 15 is 0 Å². The molecule has 0 unspecified atom stereocenters. The lowest BCUT2D eigenvalue weighted by atomic mass is 10.3. The molecule has 116 valence electrons. The minimum absolute atomic E-state index is 0.592. The Morgan fingerprint density at radius 2 is 0.842 bits per heavy atom. The molecule has 0 saturated carbocycles. The molecule has 9 heteroatoms. The van der Waals surface area contributed by atoms with Gasteiger partial charge in [0.2, 0.25) is 0 Å². The van der Waals surface area contributed by atoms with Crippen molar-refractivity contribution in [1.29, 1.82) is 0 Å². The van der Waals surface area contributed by atoms with Gasteiger partial charge in [0.1, 0.15) is 0 Å². The fourth-order valence-electron chi connectivity index (χ4n) is 1.04. The van der Waals surface area contributed by atoms with Crippen molar-refractivity contribution in [3.63, 3.8) is 0 Å². The normalized spacial score (nSPS) is 15.8. The van der Waals surface area contributed by atoms with Crippen LogP contribution in [0.4, 0.5) is 0 Å². The Balaban J connectivity index is 6.59. The summed E-state index contributed by atoms with van der Waals surface area (Å²) in [4.78, 5) is 0. The zero-order chi connectivity index (χ0) is 16.1. The monoisotopic (exact) mass is 333 g/mol. The molecule has 0 rings (SSSR count). The van der Waals surface area contributed by atoms with E-state index in [1.54, 1.807) is 0 Å². The van der Waals surface area contributed by atoms with Gasteiger partial charge in [-0.25, -0.2) is 0 Å². The molecule has 6 nitrogen and oxygen atoms in total.